The second-order valence-electron chi connectivity index (χ2n) is 16.5. The van der Waals surface area contributed by atoms with Crippen LogP contribution in [0, 0.1) is 0 Å². The van der Waals surface area contributed by atoms with E-state index in [9.17, 15) is 19.8 Å². The summed E-state index contributed by atoms with van der Waals surface area (Å²) in [6.07, 6.45) is 50.6. The predicted octanol–water partition coefficient (Wildman–Crippen LogP) is 14.1. The van der Waals surface area contributed by atoms with Crippen molar-refractivity contribution in [1.29, 1.82) is 0 Å². The first-order valence-electron chi connectivity index (χ1n) is 24.2. The van der Waals surface area contributed by atoms with Crippen molar-refractivity contribution in [2.45, 2.75) is 264 Å². The Bertz CT molecular complexity index is 930. The summed E-state index contributed by atoms with van der Waals surface area (Å²) in [5, 5.41) is 23.6. The molecule has 0 fully saturated rings. The molecule has 3 unspecified atom stereocenters. The van der Waals surface area contributed by atoms with Gasteiger partial charge in [0.2, 0.25) is 5.91 Å². The van der Waals surface area contributed by atoms with Crippen molar-refractivity contribution in [1.82, 2.24) is 5.32 Å². The molecule has 3 N–H and O–H groups in total. The van der Waals surface area contributed by atoms with Gasteiger partial charge < -0.3 is 20.3 Å². The van der Waals surface area contributed by atoms with Crippen LogP contribution in [0.1, 0.15) is 245 Å². The third-order valence-electron chi connectivity index (χ3n) is 11.0. The summed E-state index contributed by atoms with van der Waals surface area (Å²) >= 11 is 0. The topological polar surface area (TPSA) is 95.9 Å². The molecule has 0 saturated carbocycles. The Labute approximate surface area is 347 Å². The molecule has 0 aromatic carbocycles. The molecule has 0 aliphatic heterocycles. The molecule has 0 spiro atoms. The van der Waals surface area contributed by atoms with E-state index in [0.29, 0.717) is 19.3 Å². The number of carbonyl (C=O) groups is 2. The van der Waals surface area contributed by atoms with Crippen LogP contribution in [-0.2, 0) is 14.3 Å². The fourth-order valence-corrected chi connectivity index (χ4v) is 7.26. The van der Waals surface area contributed by atoms with Crippen LogP contribution in [-0.4, -0.2) is 46.9 Å². The molecule has 0 saturated heterocycles. The lowest BCUT2D eigenvalue weighted by Crippen LogP contribution is -2.46. The fraction of sp³-hybridized carbons (Fsp3) is 0.840. The standard InChI is InChI=1S/C50H93NO5/c1-4-7-10-13-16-19-21-22-23-24-25-26-28-30-32-35-38-41-46(56-50(55)43-40-37-34-31-27-20-17-14-11-8-5-2)44-49(54)51-47(45-52)48(53)42-39-36-33-29-18-15-12-9-6-3/h16,19,22-23,25-26,46-48,52-53H,4-15,17-18,20-21,24,27-45H2,1-3H3,(H,51,54)/b19-16-,23-22-,26-25-. The Hall–Kier alpha value is -1.92. The molecule has 0 aliphatic carbocycles. The van der Waals surface area contributed by atoms with Crippen molar-refractivity contribution >= 4 is 11.9 Å². The largest absolute Gasteiger partial charge is 0.462 e. The number of carbonyl (C=O) groups excluding carboxylic acids is 2. The van der Waals surface area contributed by atoms with Gasteiger partial charge in [0.1, 0.15) is 6.10 Å². The normalized spacial score (nSPS) is 13.6. The van der Waals surface area contributed by atoms with Crippen molar-refractivity contribution in [3.63, 3.8) is 0 Å². The summed E-state index contributed by atoms with van der Waals surface area (Å²) in [6.45, 7) is 6.42. The summed E-state index contributed by atoms with van der Waals surface area (Å²) in [6, 6.07) is -0.704. The first-order chi connectivity index (χ1) is 27.5. The number of allylic oxidation sites excluding steroid dienone is 6. The quantitative estimate of drug-likeness (QED) is 0.0325. The minimum Gasteiger partial charge on any atom is -0.462 e. The maximum atomic E-state index is 13.1. The van der Waals surface area contributed by atoms with E-state index in [2.05, 4.69) is 62.5 Å². The summed E-state index contributed by atoms with van der Waals surface area (Å²) in [5.74, 6) is -0.491. The molecule has 0 bridgehead atoms. The number of aliphatic hydroxyl groups is 2. The Morgan fingerprint density at radius 3 is 1.41 bits per heavy atom. The van der Waals surface area contributed by atoms with Crippen LogP contribution >= 0.6 is 0 Å². The van der Waals surface area contributed by atoms with Gasteiger partial charge >= 0.3 is 5.97 Å². The van der Waals surface area contributed by atoms with Crippen LogP contribution in [0.4, 0.5) is 0 Å². The lowest BCUT2D eigenvalue weighted by atomic mass is 10.0. The van der Waals surface area contributed by atoms with Gasteiger partial charge in [-0.2, -0.15) is 0 Å². The third-order valence-corrected chi connectivity index (χ3v) is 11.0. The van der Waals surface area contributed by atoms with E-state index < -0.39 is 18.2 Å². The Kier molecular flexibility index (Phi) is 42.7. The van der Waals surface area contributed by atoms with Gasteiger partial charge in [0.15, 0.2) is 0 Å². The number of nitrogens with one attached hydrogen (secondary N) is 1. The molecule has 0 rings (SSSR count). The molecule has 3 atom stereocenters. The van der Waals surface area contributed by atoms with E-state index in [-0.39, 0.29) is 24.9 Å². The zero-order valence-electron chi connectivity index (χ0n) is 37.3. The van der Waals surface area contributed by atoms with Crippen LogP contribution in [0.15, 0.2) is 36.5 Å². The van der Waals surface area contributed by atoms with Gasteiger partial charge in [-0.3, -0.25) is 9.59 Å². The zero-order valence-corrected chi connectivity index (χ0v) is 37.3. The zero-order chi connectivity index (χ0) is 41.0. The molecular formula is C50H93NO5. The molecule has 0 heterocycles. The number of hydrogen-bond donors (Lipinski definition) is 3. The van der Waals surface area contributed by atoms with Gasteiger partial charge in [-0.05, 0) is 64.2 Å². The monoisotopic (exact) mass is 788 g/mol. The van der Waals surface area contributed by atoms with Crippen LogP contribution in [0.2, 0.25) is 0 Å². The molecule has 1 amide bonds. The first-order valence-corrected chi connectivity index (χ1v) is 24.2. The number of esters is 1. The average Bonchev–Trinajstić information content (AvgIpc) is 3.19. The number of unbranched alkanes of at least 4 members (excludes halogenated alkanes) is 25. The smallest absolute Gasteiger partial charge is 0.306 e. The molecule has 0 aromatic heterocycles. The maximum absolute atomic E-state index is 13.1. The van der Waals surface area contributed by atoms with Gasteiger partial charge in [0.25, 0.3) is 0 Å². The van der Waals surface area contributed by atoms with E-state index in [1.54, 1.807) is 0 Å². The van der Waals surface area contributed by atoms with Crippen molar-refractivity contribution in [3.8, 4) is 0 Å². The van der Waals surface area contributed by atoms with Gasteiger partial charge in [0, 0.05) is 6.42 Å². The molecule has 0 aliphatic rings. The maximum Gasteiger partial charge on any atom is 0.306 e. The molecule has 6 nitrogen and oxygen atoms in total. The first kappa shape index (κ1) is 54.1. The van der Waals surface area contributed by atoms with Crippen molar-refractivity contribution in [2.24, 2.45) is 0 Å². The Morgan fingerprint density at radius 2 is 0.911 bits per heavy atom. The summed E-state index contributed by atoms with van der Waals surface area (Å²) in [7, 11) is 0. The third kappa shape index (κ3) is 38.9. The number of hydrogen-bond acceptors (Lipinski definition) is 5. The van der Waals surface area contributed by atoms with Gasteiger partial charge in [0.05, 0.1) is 25.2 Å². The predicted molar refractivity (Wildman–Crippen MR) is 241 cm³/mol. The minimum absolute atomic E-state index is 0.0656. The summed E-state index contributed by atoms with van der Waals surface area (Å²) < 4.78 is 5.90. The molecule has 6 heteroatoms. The SMILES string of the molecule is CCCCC/C=C\C/C=C\C/C=C\CCCCCCC(CC(=O)NC(CO)C(O)CCCCCCCCCCC)OC(=O)CCCCCCCCCCCCC. The van der Waals surface area contributed by atoms with Gasteiger partial charge in [-0.1, -0.05) is 205 Å². The highest BCUT2D eigenvalue weighted by Gasteiger charge is 2.24. The van der Waals surface area contributed by atoms with E-state index in [1.165, 1.54) is 116 Å². The van der Waals surface area contributed by atoms with Crippen LogP contribution in [0.25, 0.3) is 0 Å². The molecular weight excluding hydrogens is 695 g/mol. The number of aliphatic hydroxyl groups excluding tert-OH is 2. The summed E-state index contributed by atoms with van der Waals surface area (Å²) in [5.41, 5.74) is 0. The molecule has 0 radical (unpaired) electrons. The molecule has 0 aromatic rings. The van der Waals surface area contributed by atoms with Crippen molar-refractivity contribution in [2.75, 3.05) is 6.61 Å². The number of amides is 1. The van der Waals surface area contributed by atoms with Gasteiger partial charge in [-0.15, -0.1) is 0 Å². The second kappa shape index (κ2) is 44.2. The van der Waals surface area contributed by atoms with Crippen LogP contribution in [0.3, 0.4) is 0 Å². The van der Waals surface area contributed by atoms with Crippen LogP contribution < -0.4 is 5.32 Å². The van der Waals surface area contributed by atoms with E-state index in [4.69, 9.17) is 4.74 Å². The highest BCUT2D eigenvalue weighted by Crippen LogP contribution is 2.17. The van der Waals surface area contributed by atoms with Gasteiger partial charge in [-0.25, -0.2) is 0 Å². The van der Waals surface area contributed by atoms with E-state index in [0.717, 1.165) is 83.5 Å². The highest BCUT2D eigenvalue weighted by atomic mass is 16.5. The number of ether oxygens (including phenoxy) is 1. The lowest BCUT2D eigenvalue weighted by molar-refractivity contribution is -0.151. The van der Waals surface area contributed by atoms with Crippen LogP contribution in [0.5, 0.6) is 0 Å². The van der Waals surface area contributed by atoms with Crippen molar-refractivity contribution in [3.05, 3.63) is 36.5 Å². The lowest BCUT2D eigenvalue weighted by Gasteiger charge is -2.24. The van der Waals surface area contributed by atoms with E-state index >= 15 is 0 Å². The Balaban J connectivity index is 4.63. The molecule has 56 heavy (non-hydrogen) atoms. The average molecular weight is 788 g/mol. The Morgan fingerprint density at radius 1 is 0.518 bits per heavy atom. The molecule has 328 valence electrons. The van der Waals surface area contributed by atoms with Crippen molar-refractivity contribution < 1.29 is 24.5 Å². The second-order valence-corrected chi connectivity index (χ2v) is 16.5. The summed E-state index contributed by atoms with van der Waals surface area (Å²) in [4.78, 5) is 26.0. The fourth-order valence-electron chi connectivity index (χ4n) is 7.26. The van der Waals surface area contributed by atoms with E-state index in [1.807, 2.05) is 0 Å². The minimum atomic E-state index is -0.789. The highest BCUT2D eigenvalue weighted by molar-refractivity contribution is 5.77. The number of rotatable bonds is 43.